The zero-order valence-corrected chi connectivity index (χ0v) is 10.9. The highest BCUT2D eigenvalue weighted by Crippen LogP contribution is 2.22. The molecule has 0 aliphatic carbocycles. The van der Waals surface area contributed by atoms with Crippen molar-refractivity contribution in [1.29, 1.82) is 0 Å². The average molecular weight is 235 g/mol. The Bertz CT molecular complexity index is 390. The predicted molar refractivity (Wildman–Crippen MR) is 67.4 cm³/mol. The molecule has 2 rings (SSSR count). The maximum atomic E-state index is 5.41. The van der Waals surface area contributed by atoms with E-state index >= 15 is 0 Å². The van der Waals surface area contributed by atoms with E-state index in [-0.39, 0.29) is 0 Å². The third kappa shape index (κ3) is 2.94. The Morgan fingerprint density at radius 3 is 2.71 bits per heavy atom. The summed E-state index contributed by atoms with van der Waals surface area (Å²) in [5, 5.41) is 3.38. The molecule has 0 saturated carbocycles. The number of hydrogen-bond acceptors (Lipinski definition) is 4. The molecule has 0 aromatic carbocycles. The van der Waals surface area contributed by atoms with Crippen LogP contribution in [0.3, 0.4) is 0 Å². The molecule has 0 fully saturated rings. The van der Waals surface area contributed by atoms with E-state index in [9.17, 15) is 0 Å². The molecule has 1 N–H and O–H groups in total. The topological polar surface area (TPSA) is 47.0 Å². The molecule has 4 heteroatoms. The van der Waals surface area contributed by atoms with Crippen LogP contribution in [-0.4, -0.2) is 30.2 Å². The van der Waals surface area contributed by atoms with E-state index in [0.29, 0.717) is 5.92 Å². The first-order valence-corrected chi connectivity index (χ1v) is 6.34. The van der Waals surface area contributed by atoms with Crippen molar-refractivity contribution in [2.45, 2.75) is 33.1 Å². The first-order valence-electron chi connectivity index (χ1n) is 6.34. The van der Waals surface area contributed by atoms with Gasteiger partial charge < -0.3 is 10.1 Å². The molecule has 1 aliphatic rings. The molecule has 17 heavy (non-hydrogen) atoms. The summed E-state index contributed by atoms with van der Waals surface area (Å²) < 4.78 is 5.41. The molecule has 0 atom stereocenters. The lowest BCUT2D eigenvalue weighted by Gasteiger charge is -2.12. The molecule has 0 spiro atoms. The minimum atomic E-state index is 0.571. The first-order chi connectivity index (χ1) is 8.20. The molecule has 1 aromatic rings. The lowest BCUT2D eigenvalue weighted by molar-refractivity contribution is 0.387. The van der Waals surface area contributed by atoms with Gasteiger partial charge in [-0.1, -0.05) is 13.8 Å². The van der Waals surface area contributed by atoms with Crippen LogP contribution >= 0.6 is 0 Å². The van der Waals surface area contributed by atoms with Gasteiger partial charge in [-0.25, -0.2) is 4.98 Å². The van der Waals surface area contributed by atoms with Crippen molar-refractivity contribution in [3.05, 3.63) is 17.1 Å². The van der Waals surface area contributed by atoms with Gasteiger partial charge in [0.25, 0.3) is 0 Å². The third-order valence-corrected chi connectivity index (χ3v) is 2.98. The summed E-state index contributed by atoms with van der Waals surface area (Å²) in [6.45, 7) is 6.34. The van der Waals surface area contributed by atoms with Crippen LogP contribution in [0.25, 0.3) is 0 Å². The lowest BCUT2D eigenvalue weighted by atomic mass is 10.1. The highest BCUT2D eigenvalue weighted by atomic mass is 16.5. The average Bonchev–Trinajstić information content (AvgIpc) is 2.52. The van der Waals surface area contributed by atoms with Gasteiger partial charge >= 0.3 is 0 Å². The Kier molecular flexibility index (Phi) is 3.94. The number of ether oxygens (including phenoxy) is 1. The van der Waals surface area contributed by atoms with E-state index in [1.54, 1.807) is 7.11 Å². The Morgan fingerprint density at radius 1 is 1.24 bits per heavy atom. The third-order valence-electron chi connectivity index (χ3n) is 2.98. The molecular formula is C13H21N3O. The Labute approximate surface area is 103 Å². The second-order valence-corrected chi connectivity index (χ2v) is 4.92. The van der Waals surface area contributed by atoms with Gasteiger partial charge in [0.05, 0.1) is 12.8 Å². The lowest BCUT2D eigenvalue weighted by Crippen LogP contribution is -2.16. The number of nitrogens with one attached hydrogen (secondary N) is 1. The fourth-order valence-electron chi connectivity index (χ4n) is 2.18. The summed E-state index contributed by atoms with van der Waals surface area (Å²) >= 11 is 0. The Hall–Kier alpha value is -1.16. The second-order valence-electron chi connectivity index (χ2n) is 4.92. The zero-order chi connectivity index (χ0) is 12.3. The van der Waals surface area contributed by atoms with Gasteiger partial charge in [-0.15, -0.1) is 0 Å². The second kappa shape index (κ2) is 5.45. The first kappa shape index (κ1) is 12.3. The molecule has 0 unspecified atom stereocenters. The molecule has 0 saturated heterocycles. The number of nitrogens with zero attached hydrogens (tertiary/aromatic N) is 2. The van der Waals surface area contributed by atoms with Crippen LogP contribution in [0, 0.1) is 5.92 Å². The number of fused-ring (bicyclic) bond motifs is 1. The monoisotopic (exact) mass is 235 g/mol. The van der Waals surface area contributed by atoms with Crippen molar-refractivity contribution in [3.63, 3.8) is 0 Å². The van der Waals surface area contributed by atoms with Gasteiger partial charge in [-0.05, 0) is 18.9 Å². The van der Waals surface area contributed by atoms with E-state index in [1.807, 2.05) is 0 Å². The summed E-state index contributed by atoms with van der Waals surface area (Å²) in [6.07, 6.45) is 2.84. The minimum Gasteiger partial charge on any atom is -0.481 e. The molecule has 2 heterocycles. The van der Waals surface area contributed by atoms with Gasteiger partial charge in [-0.3, -0.25) is 0 Å². The fraction of sp³-hybridized carbons (Fsp3) is 0.692. The summed E-state index contributed by atoms with van der Waals surface area (Å²) in [5.74, 6) is 2.26. The van der Waals surface area contributed by atoms with Crippen molar-refractivity contribution >= 4 is 0 Å². The number of hydrogen-bond donors (Lipinski definition) is 1. The maximum Gasteiger partial charge on any atom is 0.219 e. The summed E-state index contributed by atoms with van der Waals surface area (Å²) in [4.78, 5) is 9.22. The van der Waals surface area contributed by atoms with E-state index in [2.05, 4.69) is 24.1 Å². The Balaban J connectivity index is 2.36. The summed E-state index contributed by atoms with van der Waals surface area (Å²) in [7, 11) is 1.69. The highest BCUT2D eigenvalue weighted by molar-refractivity contribution is 5.32. The molecule has 0 amide bonds. The van der Waals surface area contributed by atoms with Gasteiger partial charge in [0, 0.05) is 24.9 Å². The van der Waals surface area contributed by atoms with Gasteiger partial charge in [0.1, 0.15) is 5.82 Å². The molecule has 94 valence electrons. The Morgan fingerprint density at radius 2 is 2.00 bits per heavy atom. The van der Waals surface area contributed by atoms with Crippen LogP contribution < -0.4 is 10.1 Å². The smallest absolute Gasteiger partial charge is 0.219 e. The van der Waals surface area contributed by atoms with Gasteiger partial charge in [-0.2, -0.15) is 4.98 Å². The maximum absolute atomic E-state index is 5.41. The molecular weight excluding hydrogens is 214 g/mol. The van der Waals surface area contributed by atoms with E-state index in [0.717, 1.165) is 49.8 Å². The molecule has 4 nitrogen and oxygen atoms in total. The normalized spacial score (nSPS) is 15.5. The summed E-state index contributed by atoms with van der Waals surface area (Å²) in [5.41, 5.74) is 2.35. The van der Waals surface area contributed by atoms with Crippen LogP contribution in [0.1, 0.15) is 30.9 Å². The van der Waals surface area contributed by atoms with Crippen molar-refractivity contribution in [1.82, 2.24) is 15.3 Å². The molecule has 0 bridgehead atoms. The SMILES string of the molecule is COc1nc(CC(C)C)nc2c1CCNCC2. The van der Waals surface area contributed by atoms with Crippen LogP contribution in [0.4, 0.5) is 0 Å². The fourth-order valence-corrected chi connectivity index (χ4v) is 2.18. The van der Waals surface area contributed by atoms with Crippen molar-refractivity contribution in [2.24, 2.45) is 5.92 Å². The predicted octanol–water partition coefficient (Wildman–Crippen LogP) is 1.37. The van der Waals surface area contributed by atoms with Crippen LogP contribution in [0.5, 0.6) is 5.88 Å². The minimum absolute atomic E-state index is 0.571. The quantitative estimate of drug-likeness (QED) is 0.859. The largest absolute Gasteiger partial charge is 0.481 e. The van der Waals surface area contributed by atoms with E-state index < -0.39 is 0 Å². The van der Waals surface area contributed by atoms with Gasteiger partial charge in [0.15, 0.2) is 0 Å². The number of aromatic nitrogens is 2. The number of rotatable bonds is 3. The highest BCUT2D eigenvalue weighted by Gasteiger charge is 2.17. The molecule has 1 aliphatic heterocycles. The standard InChI is InChI=1S/C13H21N3O/c1-9(2)8-12-15-11-5-7-14-6-4-10(11)13(16-12)17-3/h9,14H,4-8H2,1-3H3. The van der Waals surface area contributed by atoms with Crippen molar-refractivity contribution in [3.8, 4) is 5.88 Å². The zero-order valence-electron chi connectivity index (χ0n) is 10.9. The molecule has 1 aromatic heterocycles. The van der Waals surface area contributed by atoms with Crippen LogP contribution in [0.2, 0.25) is 0 Å². The van der Waals surface area contributed by atoms with E-state index in [1.165, 1.54) is 5.56 Å². The summed E-state index contributed by atoms with van der Waals surface area (Å²) in [6, 6.07) is 0. The van der Waals surface area contributed by atoms with Crippen LogP contribution in [-0.2, 0) is 19.3 Å². The van der Waals surface area contributed by atoms with Crippen LogP contribution in [0.15, 0.2) is 0 Å². The molecule has 0 radical (unpaired) electrons. The van der Waals surface area contributed by atoms with Crippen molar-refractivity contribution < 1.29 is 4.74 Å². The number of methoxy groups -OCH3 is 1. The van der Waals surface area contributed by atoms with E-state index in [4.69, 9.17) is 9.72 Å². The van der Waals surface area contributed by atoms with Gasteiger partial charge in [0.2, 0.25) is 5.88 Å². The van der Waals surface area contributed by atoms with Crippen molar-refractivity contribution in [2.75, 3.05) is 20.2 Å².